The molecule has 1 heterocycles. The molecule has 0 saturated heterocycles. The summed E-state index contributed by atoms with van der Waals surface area (Å²) in [4.78, 5) is 15.5. The highest BCUT2D eigenvalue weighted by Gasteiger charge is 2.27. The zero-order chi connectivity index (χ0) is 20.5. The Balaban J connectivity index is 1.87. The summed E-state index contributed by atoms with van der Waals surface area (Å²) in [7, 11) is -3.87. The summed E-state index contributed by atoms with van der Waals surface area (Å²) in [6.07, 6.45) is 4.45. The highest BCUT2D eigenvalue weighted by molar-refractivity contribution is 7.99. The van der Waals surface area contributed by atoms with Crippen LogP contribution in [-0.2, 0) is 10.0 Å². The molecule has 2 N–H and O–H groups in total. The third kappa shape index (κ3) is 4.89. The minimum absolute atomic E-state index is 0.153. The zero-order valence-electron chi connectivity index (χ0n) is 15.9. The van der Waals surface area contributed by atoms with Gasteiger partial charge in [-0.2, -0.15) is 0 Å². The zero-order valence-corrected chi connectivity index (χ0v) is 17.6. The summed E-state index contributed by atoms with van der Waals surface area (Å²) in [6, 6.07) is 3.85. The van der Waals surface area contributed by atoms with Gasteiger partial charge in [0, 0.05) is 17.5 Å². The van der Waals surface area contributed by atoms with Crippen molar-refractivity contribution in [2.45, 2.75) is 72.9 Å². The van der Waals surface area contributed by atoms with Crippen molar-refractivity contribution in [3.8, 4) is 0 Å². The first-order chi connectivity index (χ1) is 13.0. The van der Waals surface area contributed by atoms with E-state index >= 15 is 0 Å². The average Bonchev–Trinajstić information content (AvgIpc) is 3.23. The number of aromatic amines is 1. The Morgan fingerprint density at radius 1 is 1.29 bits per heavy atom. The van der Waals surface area contributed by atoms with E-state index in [1.807, 2.05) is 0 Å². The van der Waals surface area contributed by atoms with Gasteiger partial charge in [-0.1, -0.05) is 12.8 Å². The second-order valence-electron chi connectivity index (χ2n) is 7.83. The molecule has 0 atom stereocenters. The highest BCUT2D eigenvalue weighted by atomic mass is 32.2. The first-order valence-corrected chi connectivity index (χ1v) is 11.3. The molecule has 2 aromatic rings. The minimum Gasteiger partial charge on any atom is -0.262 e. The molecule has 11 heteroatoms. The van der Waals surface area contributed by atoms with Gasteiger partial charge in [-0.05, 0) is 57.5 Å². The molecular weight excluding hydrogens is 402 g/mol. The lowest BCUT2D eigenvalue weighted by molar-refractivity contribution is -0.388. The molecule has 1 aliphatic carbocycles. The average molecular weight is 426 g/mol. The largest absolute Gasteiger partial charge is 0.284 e. The quantitative estimate of drug-likeness (QED) is 0.534. The van der Waals surface area contributed by atoms with Gasteiger partial charge in [0.15, 0.2) is 0 Å². The van der Waals surface area contributed by atoms with Gasteiger partial charge in [-0.3, -0.25) is 15.2 Å². The molecule has 0 bridgehead atoms. The molecule has 1 aliphatic rings. The lowest BCUT2D eigenvalue weighted by atomic mass is 10.1. The van der Waals surface area contributed by atoms with Crippen LogP contribution in [0.2, 0.25) is 0 Å². The van der Waals surface area contributed by atoms with E-state index < -0.39 is 20.5 Å². The van der Waals surface area contributed by atoms with Crippen LogP contribution in [0.4, 0.5) is 5.69 Å². The number of hydrogen-bond acceptors (Lipinski definition) is 7. The third-order valence-electron chi connectivity index (χ3n) is 4.30. The monoisotopic (exact) mass is 425 g/mol. The van der Waals surface area contributed by atoms with E-state index in [0.717, 1.165) is 49.3 Å². The predicted octanol–water partition coefficient (Wildman–Crippen LogP) is 3.60. The Morgan fingerprint density at radius 3 is 2.57 bits per heavy atom. The number of benzene rings is 1. The molecule has 3 rings (SSSR count). The fourth-order valence-electron chi connectivity index (χ4n) is 3.14. The van der Waals surface area contributed by atoms with E-state index in [4.69, 9.17) is 0 Å². The number of aromatic nitrogens is 3. The molecule has 0 aliphatic heterocycles. The topological polar surface area (TPSA) is 131 Å². The molecule has 0 spiro atoms. The third-order valence-corrected chi connectivity index (χ3v) is 6.99. The normalized spacial score (nSPS) is 15.8. The number of H-pyrrole nitrogens is 1. The highest BCUT2D eigenvalue weighted by Crippen LogP contribution is 2.37. The lowest BCUT2D eigenvalue weighted by Gasteiger charge is -2.20. The van der Waals surface area contributed by atoms with Gasteiger partial charge in [0.2, 0.25) is 15.2 Å². The van der Waals surface area contributed by atoms with E-state index in [-0.39, 0.29) is 15.5 Å². The van der Waals surface area contributed by atoms with Crippen LogP contribution in [-0.4, -0.2) is 34.1 Å². The number of rotatable bonds is 6. The van der Waals surface area contributed by atoms with Crippen molar-refractivity contribution in [1.82, 2.24) is 19.9 Å². The molecule has 1 aromatic carbocycles. The second kappa shape index (κ2) is 7.80. The van der Waals surface area contributed by atoms with Crippen molar-refractivity contribution < 1.29 is 13.3 Å². The van der Waals surface area contributed by atoms with Crippen molar-refractivity contribution in [2.75, 3.05) is 0 Å². The van der Waals surface area contributed by atoms with Crippen LogP contribution in [0.25, 0.3) is 0 Å². The fraction of sp³-hybridized carbons (Fsp3) is 0.529. The number of sulfonamides is 1. The Morgan fingerprint density at radius 2 is 1.96 bits per heavy atom. The van der Waals surface area contributed by atoms with E-state index in [0.29, 0.717) is 11.1 Å². The van der Waals surface area contributed by atoms with Gasteiger partial charge in [-0.15, -0.1) is 5.10 Å². The molecule has 1 saturated carbocycles. The number of nitro benzene ring substituents is 1. The molecule has 28 heavy (non-hydrogen) atoms. The Hall–Kier alpha value is -1.98. The standard InChI is InChI=1S/C17H23N5O4S2/c1-17(2,3)21-28(25,26)12-8-9-14(13(10-12)22(23)24)27-16-18-15(19-20-16)11-6-4-5-7-11/h8-11,21H,4-7H2,1-3H3,(H,18,19,20). The maximum absolute atomic E-state index is 12.5. The summed E-state index contributed by atoms with van der Waals surface area (Å²) in [6.45, 7) is 5.11. The van der Waals surface area contributed by atoms with Crippen LogP contribution in [0, 0.1) is 10.1 Å². The summed E-state index contributed by atoms with van der Waals surface area (Å²) < 4.78 is 27.4. The molecule has 0 unspecified atom stereocenters. The van der Waals surface area contributed by atoms with Gasteiger partial charge >= 0.3 is 0 Å². The van der Waals surface area contributed by atoms with Crippen LogP contribution < -0.4 is 4.72 Å². The molecule has 0 radical (unpaired) electrons. The van der Waals surface area contributed by atoms with E-state index in [2.05, 4.69) is 19.9 Å². The van der Waals surface area contributed by atoms with E-state index in [1.165, 1.54) is 12.1 Å². The molecule has 152 valence electrons. The summed E-state index contributed by atoms with van der Waals surface area (Å²) in [5.74, 6) is 1.16. The van der Waals surface area contributed by atoms with Gasteiger partial charge in [-0.25, -0.2) is 18.1 Å². The first-order valence-electron chi connectivity index (χ1n) is 8.98. The molecular formula is C17H23N5O4S2. The van der Waals surface area contributed by atoms with Gasteiger partial charge < -0.3 is 0 Å². The Labute approximate surface area is 167 Å². The predicted molar refractivity (Wildman–Crippen MR) is 105 cm³/mol. The van der Waals surface area contributed by atoms with Gasteiger partial charge in [0.1, 0.15) is 5.82 Å². The molecule has 0 amide bonds. The number of nitrogens with zero attached hydrogens (tertiary/aromatic N) is 3. The number of nitrogens with one attached hydrogen (secondary N) is 2. The van der Waals surface area contributed by atoms with Crippen LogP contribution >= 0.6 is 11.8 Å². The van der Waals surface area contributed by atoms with Crippen molar-refractivity contribution in [3.63, 3.8) is 0 Å². The van der Waals surface area contributed by atoms with Crippen molar-refractivity contribution >= 4 is 27.5 Å². The van der Waals surface area contributed by atoms with Crippen LogP contribution in [0.15, 0.2) is 33.1 Å². The molecule has 9 nitrogen and oxygen atoms in total. The number of nitro groups is 1. The maximum atomic E-state index is 12.5. The van der Waals surface area contributed by atoms with Crippen molar-refractivity contribution in [3.05, 3.63) is 34.1 Å². The lowest BCUT2D eigenvalue weighted by Crippen LogP contribution is -2.40. The summed E-state index contributed by atoms with van der Waals surface area (Å²) in [5.41, 5.74) is -0.995. The fourth-order valence-corrected chi connectivity index (χ4v) is 5.38. The molecule has 1 aromatic heterocycles. The van der Waals surface area contributed by atoms with Crippen molar-refractivity contribution in [2.24, 2.45) is 0 Å². The first kappa shape index (κ1) is 20.7. The van der Waals surface area contributed by atoms with Gasteiger partial charge in [0.25, 0.3) is 5.69 Å². The SMILES string of the molecule is CC(C)(C)NS(=O)(=O)c1ccc(Sc2n[nH]c(C3CCCC3)n2)c([N+](=O)[O-])c1. The van der Waals surface area contributed by atoms with Crippen LogP contribution in [0.5, 0.6) is 0 Å². The Kier molecular flexibility index (Phi) is 5.78. The van der Waals surface area contributed by atoms with Crippen LogP contribution in [0.1, 0.15) is 58.2 Å². The van der Waals surface area contributed by atoms with E-state index in [1.54, 1.807) is 20.8 Å². The van der Waals surface area contributed by atoms with Crippen molar-refractivity contribution in [1.29, 1.82) is 0 Å². The maximum Gasteiger partial charge on any atom is 0.284 e. The van der Waals surface area contributed by atoms with Crippen LogP contribution in [0.3, 0.4) is 0 Å². The second-order valence-corrected chi connectivity index (χ2v) is 10.5. The minimum atomic E-state index is -3.87. The summed E-state index contributed by atoms with van der Waals surface area (Å²) in [5, 5.41) is 19.0. The smallest absolute Gasteiger partial charge is 0.262 e. The van der Waals surface area contributed by atoms with Gasteiger partial charge in [0.05, 0.1) is 14.7 Å². The Bertz CT molecular complexity index is 976. The molecule has 1 fully saturated rings. The number of hydrogen-bond donors (Lipinski definition) is 2. The summed E-state index contributed by atoms with van der Waals surface area (Å²) >= 11 is 1.04. The van der Waals surface area contributed by atoms with E-state index in [9.17, 15) is 18.5 Å².